The first-order chi connectivity index (χ1) is 10.9. The average Bonchev–Trinajstić information content (AvgIpc) is 2.52. The second-order valence-electron chi connectivity index (χ2n) is 4.47. The molecular formula is C15H18N4O4. The summed E-state index contributed by atoms with van der Waals surface area (Å²) < 4.78 is 10.3. The first-order valence-electron chi connectivity index (χ1n) is 6.59. The van der Waals surface area contributed by atoms with Crippen molar-refractivity contribution in [3.05, 3.63) is 35.0 Å². The molecule has 0 atom stereocenters. The van der Waals surface area contributed by atoms with Crippen molar-refractivity contribution in [1.29, 1.82) is 5.26 Å². The summed E-state index contributed by atoms with van der Waals surface area (Å²) in [6, 6.07) is 6.06. The molecule has 23 heavy (non-hydrogen) atoms. The van der Waals surface area contributed by atoms with E-state index in [4.69, 9.17) is 20.5 Å². The number of hydrogen-bond donors (Lipinski definition) is 3. The van der Waals surface area contributed by atoms with E-state index in [1.807, 2.05) is 11.4 Å². The van der Waals surface area contributed by atoms with E-state index in [0.29, 0.717) is 23.7 Å². The lowest BCUT2D eigenvalue weighted by Gasteiger charge is -2.12. The molecule has 0 aliphatic heterocycles. The molecule has 0 radical (unpaired) electrons. The van der Waals surface area contributed by atoms with E-state index in [1.165, 1.54) is 7.11 Å². The number of hydrogen-bond acceptors (Lipinski definition) is 6. The number of rotatable bonds is 6. The van der Waals surface area contributed by atoms with Gasteiger partial charge in [-0.1, -0.05) is 6.07 Å². The molecule has 8 heteroatoms. The number of methoxy groups -OCH3 is 2. The number of benzene rings is 1. The van der Waals surface area contributed by atoms with Crippen LogP contribution in [0.1, 0.15) is 12.5 Å². The zero-order valence-corrected chi connectivity index (χ0v) is 13.1. The Kier molecular flexibility index (Phi) is 6.43. The lowest BCUT2D eigenvalue weighted by Crippen LogP contribution is -2.36. The van der Waals surface area contributed by atoms with Gasteiger partial charge in [0.2, 0.25) is 0 Å². The molecule has 0 saturated carbocycles. The number of nitrogens with one attached hydrogen (secondary N) is 2. The van der Waals surface area contributed by atoms with Crippen LogP contribution in [0.4, 0.5) is 4.79 Å². The standard InChI is InChI=1S/C15H18N4O4/c1-9(11(7-16)14(20)19-15(17)21)18-8-10-4-5-12(22-2)13(6-10)23-3/h4-6,18H,8H2,1-3H3,(H3,17,19,20,21)/b11-9+. The molecule has 0 aromatic heterocycles. The second-order valence-corrected chi connectivity index (χ2v) is 4.47. The van der Waals surface area contributed by atoms with Gasteiger partial charge in [0.15, 0.2) is 11.5 Å². The minimum atomic E-state index is -1.02. The fraction of sp³-hybridized carbons (Fsp3) is 0.267. The van der Waals surface area contributed by atoms with Gasteiger partial charge in [0.25, 0.3) is 5.91 Å². The normalized spacial score (nSPS) is 10.9. The molecule has 1 rings (SSSR count). The molecule has 0 fully saturated rings. The van der Waals surface area contributed by atoms with E-state index in [0.717, 1.165) is 5.56 Å². The fourth-order valence-electron chi connectivity index (χ4n) is 1.79. The van der Waals surface area contributed by atoms with E-state index in [9.17, 15) is 9.59 Å². The minimum Gasteiger partial charge on any atom is -0.493 e. The number of imide groups is 1. The highest BCUT2D eigenvalue weighted by Crippen LogP contribution is 2.27. The van der Waals surface area contributed by atoms with E-state index in [1.54, 1.807) is 32.2 Å². The molecule has 122 valence electrons. The fourth-order valence-corrected chi connectivity index (χ4v) is 1.79. The maximum atomic E-state index is 11.7. The molecule has 0 bridgehead atoms. The Hall–Kier alpha value is -3.21. The maximum absolute atomic E-state index is 11.7. The number of nitrogens with two attached hydrogens (primary N) is 1. The predicted molar refractivity (Wildman–Crippen MR) is 82.4 cm³/mol. The number of carbonyl (C=O) groups is 2. The van der Waals surface area contributed by atoms with Crippen molar-refractivity contribution in [2.24, 2.45) is 5.73 Å². The molecule has 0 heterocycles. The summed E-state index contributed by atoms with van der Waals surface area (Å²) in [6.45, 7) is 1.90. The topological polar surface area (TPSA) is 126 Å². The van der Waals surface area contributed by atoms with Crippen molar-refractivity contribution in [3.63, 3.8) is 0 Å². The van der Waals surface area contributed by atoms with E-state index in [2.05, 4.69) is 5.32 Å². The predicted octanol–water partition coefficient (Wildman–Crippen LogP) is 0.786. The van der Waals surface area contributed by atoms with Gasteiger partial charge in [-0.3, -0.25) is 10.1 Å². The van der Waals surface area contributed by atoms with Gasteiger partial charge >= 0.3 is 6.03 Å². The average molecular weight is 318 g/mol. The monoisotopic (exact) mass is 318 g/mol. The Morgan fingerprint density at radius 2 is 1.91 bits per heavy atom. The van der Waals surface area contributed by atoms with Crippen LogP contribution in [0.15, 0.2) is 29.5 Å². The smallest absolute Gasteiger partial charge is 0.319 e. The summed E-state index contributed by atoms with van der Waals surface area (Å²) in [4.78, 5) is 22.3. The molecule has 0 spiro atoms. The van der Waals surface area contributed by atoms with Crippen molar-refractivity contribution >= 4 is 11.9 Å². The largest absolute Gasteiger partial charge is 0.493 e. The Morgan fingerprint density at radius 1 is 1.26 bits per heavy atom. The van der Waals surface area contributed by atoms with E-state index < -0.39 is 11.9 Å². The highest BCUT2D eigenvalue weighted by atomic mass is 16.5. The number of primary amides is 1. The van der Waals surface area contributed by atoms with Crippen LogP contribution in [0.5, 0.6) is 11.5 Å². The van der Waals surface area contributed by atoms with Gasteiger partial charge in [-0.05, 0) is 24.6 Å². The van der Waals surface area contributed by atoms with Crippen LogP contribution in [0.3, 0.4) is 0 Å². The van der Waals surface area contributed by atoms with Crippen LogP contribution < -0.4 is 25.8 Å². The molecule has 3 amide bonds. The molecular weight excluding hydrogens is 300 g/mol. The Morgan fingerprint density at radius 3 is 2.43 bits per heavy atom. The summed E-state index contributed by atoms with van der Waals surface area (Å²) in [7, 11) is 3.07. The molecule has 0 saturated heterocycles. The van der Waals surface area contributed by atoms with Gasteiger partial charge in [0.05, 0.1) is 14.2 Å². The Labute approximate surface area is 133 Å². The van der Waals surface area contributed by atoms with Gasteiger partial charge in [-0.15, -0.1) is 0 Å². The number of nitrogens with zero attached hydrogens (tertiary/aromatic N) is 1. The van der Waals surface area contributed by atoms with E-state index >= 15 is 0 Å². The molecule has 0 aliphatic carbocycles. The maximum Gasteiger partial charge on any atom is 0.319 e. The highest BCUT2D eigenvalue weighted by molar-refractivity contribution is 6.06. The summed E-state index contributed by atoms with van der Waals surface area (Å²) in [6.07, 6.45) is 0. The van der Waals surface area contributed by atoms with Crippen LogP contribution in [0, 0.1) is 11.3 Å². The van der Waals surface area contributed by atoms with Crippen molar-refractivity contribution in [2.45, 2.75) is 13.5 Å². The van der Waals surface area contributed by atoms with Crippen molar-refractivity contribution in [2.75, 3.05) is 14.2 Å². The van der Waals surface area contributed by atoms with Crippen molar-refractivity contribution in [1.82, 2.24) is 10.6 Å². The number of nitriles is 1. The summed E-state index contributed by atoms with van der Waals surface area (Å²) in [5, 5.41) is 13.8. The van der Waals surface area contributed by atoms with Crippen LogP contribution in [-0.2, 0) is 11.3 Å². The zero-order chi connectivity index (χ0) is 17.4. The number of carbonyl (C=O) groups excluding carboxylic acids is 2. The molecule has 1 aromatic rings. The molecule has 0 unspecified atom stereocenters. The van der Waals surface area contributed by atoms with Crippen LogP contribution in [0.2, 0.25) is 0 Å². The summed E-state index contributed by atoms with van der Waals surface area (Å²) >= 11 is 0. The minimum absolute atomic E-state index is 0.218. The number of urea groups is 1. The summed E-state index contributed by atoms with van der Waals surface area (Å²) in [5.74, 6) is 0.319. The third kappa shape index (κ3) is 4.93. The molecule has 1 aromatic carbocycles. The van der Waals surface area contributed by atoms with E-state index in [-0.39, 0.29) is 5.57 Å². The zero-order valence-electron chi connectivity index (χ0n) is 13.1. The number of amides is 3. The Balaban J connectivity index is 2.87. The van der Waals surface area contributed by atoms with Gasteiger partial charge in [0.1, 0.15) is 11.6 Å². The first kappa shape index (κ1) is 17.8. The third-order valence-electron chi connectivity index (χ3n) is 2.96. The van der Waals surface area contributed by atoms with Crippen LogP contribution >= 0.6 is 0 Å². The number of allylic oxidation sites excluding steroid dienone is 1. The first-order valence-corrected chi connectivity index (χ1v) is 6.59. The van der Waals surface area contributed by atoms with Crippen LogP contribution in [0.25, 0.3) is 0 Å². The highest BCUT2D eigenvalue weighted by Gasteiger charge is 2.14. The second kappa shape index (κ2) is 8.29. The molecule has 8 nitrogen and oxygen atoms in total. The lowest BCUT2D eigenvalue weighted by atomic mass is 10.1. The SMILES string of the molecule is COc1ccc(CN/C(C)=C(\C#N)C(=O)NC(N)=O)cc1OC. The van der Waals surface area contributed by atoms with Gasteiger partial charge in [-0.2, -0.15) is 5.26 Å². The molecule has 4 N–H and O–H groups in total. The van der Waals surface area contributed by atoms with Crippen molar-refractivity contribution < 1.29 is 19.1 Å². The van der Waals surface area contributed by atoms with Crippen molar-refractivity contribution in [3.8, 4) is 17.6 Å². The number of ether oxygens (including phenoxy) is 2. The quantitative estimate of drug-likeness (QED) is 0.525. The summed E-state index contributed by atoms with van der Waals surface area (Å²) in [5.41, 5.74) is 5.82. The lowest BCUT2D eigenvalue weighted by molar-refractivity contribution is -0.116. The van der Waals surface area contributed by atoms with Gasteiger partial charge in [-0.25, -0.2) is 4.79 Å². The van der Waals surface area contributed by atoms with Gasteiger partial charge in [0, 0.05) is 12.2 Å². The van der Waals surface area contributed by atoms with Crippen LogP contribution in [-0.4, -0.2) is 26.2 Å². The van der Waals surface area contributed by atoms with Gasteiger partial charge < -0.3 is 20.5 Å². The Bertz CT molecular complexity index is 677. The molecule has 0 aliphatic rings. The third-order valence-corrected chi connectivity index (χ3v) is 2.96.